The molecule has 1 heterocycles. The normalized spacial score (nSPS) is 15.2. The van der Waals surface area contributed by atoms with E-state index in [1.54, 1.807) is 0 Å². The number of nitrogens with one attached hydrogen (secondary N) is 1. The Morgan fingerprint density at radius 3 is 2.65 bits per heavy atom. The molecule has 0 spiro atoms. The van der Waals surface area contributed by atoms with Crippen molar-refractivity contribution in [1.82, 2.24) is 0 Å². The largest absolute Gasteiger partial charge is 0.494 e. The second-order valence-electron chi connectivity index (χ2n) is 6.08. The molecule has 0 aromatic heterocycles. The van der Waals surface area contributed by atoms with E-state index in [2.05, 4.69) is 5.32 Å². The van der Waals surface area contributed by atoms with Gasteiger partial charge in [0.1, 0.15) is 11.4 Å². The van der Waals surface area contributed by atoms with E-state index in [1.165, 1.54) is 6.92 Å². The van der Waals surface area contributed by atoms with E-state index in [0.29, 0.717) is 13.2 Å². The van der Waals surface area contributed by atoms with Crippen LogP contribution < -0.4 is 10.1 Å². The molecular weight excluding hydrogens is 298 g/mol. The molecule has 6 heteroatoms. The quantitative estimate of drug-likeness (QED) is 0.641. The average molecular weight is 321 g/mol. The lowest BCUT2D eigenvalue weighted by atomic mass is 9.92. The molecule has 0 bridgehead atoms. The Bertz CT molecular complexity index is 609. The van der Waals surface area contributed by atoms with E-state index in [9.17, 15) is 9.59 Å². The van der Waals surface area contributed by atoms with Crippen LogP contribution in [0.2, 0.25) is 0 Å². The van der Waals surface area contributed by atoms with Crippen LogP contribution in [0.15, 0.2) is 12.1 Å². The number of aryl methyl sites for hydroxylation is 1. The van der Waals surface area contributed by atoms with E-state index >= 15 is 0 Å². The van der Waals surface area contributed by atoms with E-state index in [1.807, 2.05) is 32.9 Å². The van der Waals surface area contributed by atoms with Gasteiger partial charge >= 0.3 is 12.1 Å². The summed E-state index contributed by atoms with van der Waals surface area (Å²) in [6, 6.07) is 3.79. The first kappa shape index (κ1) is 17.1. The fourth-order valence-electron chi connectivity index (χ4n) is 2.50. The first-order valence-electron chi connectivity index (χ1n) is 7.71. The Kier molecular flexibility index (Phi) is 5.13. The van der Waals surface area contributed by atoms with Gasteiger partial charge in [-0.1, -0.05) is 0 Å². The second-order valence-corrected chi connectivity index (χ2v) is 6.08. The number of cyclic esters (lactones) is 1. The molecule has 0 aliphatic carbocycles. The predicted molar refractivity (Wildman–Crippen MR) is 85.7 cm³/mol. The van der Waals surface area contributed by atoms with Gasteiger partial charge in [0.05, 0.1) is 18.9 Å². The summed E-state index contributed by atoms with van der Waals surface area (Å²) >= 11 is 0. The van der Waals surface area contributed by atoms with Gasteiger partial charge in [-0.05, 0) is 51.3 Å². The van der Waals surface area contributed by atoms with E-state index in [-0.39, 0.29) is 5.97 Å². The molecule has 1 amide bonds. The molecule has 0 atom stereocenters. The lowest BCUT2D eigenvalue weighted by molar-refractivity contribution is -0.141. The van der Waals surface area contributed by atoms with Crippen molar-refractivity contribution < 1.29 is 23.8 Å². The Morgan fingerprint density at radius 1 is 1.26 bits per heavy atom. The number of hydrogen-bond acceptors (Lipinski definition) is 5. The van der Waals surface area contributed by atoms with Gasteiger partial charge in [0, 0.05) is 12.5 Å². The topological polar surface area (TPSA) is 73.9 Å². The third-order valence-electron chi connectivity index (χ3n) is 3.65. The third kappa shape index (κ3) is 4.37. The van der Waals surface area contributed by atoms with Crippen LogP contribution in [0.4, 0.5) is 10.5 Å². The molecule has 1 aliphatic rings. The van der Waals surface area contributed by atoms with Crippen molar-refractivity contribution in [2.75, 3.05) is 18.5 Å². The molecule has 0 unspecified atom stereocenters. The van der Waals surface area contributed by atoms with Crippen LogP contribution in [0.3, 0.4) is 0 Å². The van der Waals surface area contributed by atoms with Gasteiger partial charge in [-0.25, -0.2) is 4.79 Å². The molecule has 0 radical (unpaired) electrons. The maximum absolute atomic E-state index is 11.6. The van der Waals surface area contributed by atoms with Crippen molar-refractivity contribution in [2.45, 2.75) is 46.1 Å². The Labute approximate surface area is 136 Å². The fraction of sp³-hybridized carbons (Fsp3) is 0.529. The third-order valence-corrected chi connectivity index (χ3v) is 3.65. The van der Waals surface area contributed by atoms with Gasteiger partial charge in [-0.2, -0.15) is 0 Å². The highest BCUT2D eigenvalue weighted by Gasteiger charge is 2.34. The highest BCUT2D eigenvalue weighted by Crippen LogP contribution is 2.39. The fourth-order valence-corrected chi connectivity index (χ4v) is 2.50. The minimum absolute atomic E-state index is 0.263. The zero-order chi connectivity index (χ0) is 17.0. The van der Waals surface area contributed by atoms with Gasteiger partial charge in [-0.3, -0.25) is 10.1 Å². The summed E-state index contributed by atoms with van der Waals surface area (Å²) in [4.78, 5) is 22.3. The summed E-state index contributed by atoms with van der Waals surface area (Å²) < 4.78 is 16.0. The van der Waals surface area contributed by atoms with Crippen molar-refractivity contribution >= 4 is 17.7 Å². The SMILES string of the molecule is CC(=O)OCCCCOc1cc(C)c2c(c1)C(C)(C)OC(=O)N2. The van der Waals surface area contributed by atoms with Crippen LogP contribution >= 0.6 is 0 Å². The van der Waals surface area contributed by atoms with Crippen molar-refractivity contribution in [2.24, 2.45) is 0 Å². The molecule has 1 aromatic rings. The number of carbonyl (C=O) groups is 2. The van der Waals surface area contributed by atoms with Crippen molar-refractivity contribution in [3.8, 4) is 5.75 Å². The molecule has 1 aliphatic heterocycles. The standard InChI is InChI=1S/C17H23NO5/c1-11-9-13(22-8-6-5-7-21-12(2)19)10-14-15(11)18-16(20)23-17(14,3)4/h9-10H,5-8H2,1-4H3,(H,18,20). The number of anilines is 1. The zero-order valence-corrected chi connectivity index (χ0v) is 14.0. The average Bonchev–Trinajstić information content (AvgIpc) is 2.43. The first-order chi connectivity index (χ1) is 10.8. The predicted octanol–water partition coefficient (Wildman–Crippen LogP) is 3.51. The van der Waals surface area contributed by atoms with Crippen molar-refractivity contribution in [3.63, 3.8) is 0 Å². The lowest BCUT2D eigenvalue weighted by Crippen LogP contribution is -2.35. The Balaban J connectivity index is 1.98. The molecule has 6 nitrogen and oxygen atoms in total. The molecule has 0 saturated carbocycles. The summed E-state index contributed by atoms with van der Waals surface area (Å²) in [6.45, 7) is 7.98. The number of unbranched alkanes of at least 4 members (excludes halogenated alkanes) is 1. The van der Waals surface area contributed by atoms with E-state index in [0.717, 1.165) is 35.4 Å². The summed E-state index contributed by atoms with van der Waals surface area (Å²) in [6.07, 6.45) is 1.11. The van der Waals surface area contributed by atoms with Gasteiger partial charge < -0.3 is 14.2 Å². The van der Waals surface area contributed by atoms with Crippen LogP contribution in [-0.4, -0.2) is 25.3 Å². The Hall–Kier alpha value is -2.24. The van der Waals surface area contributed by atoms with Crippen molar-refractivity contribution in [3.05, 3.63) is 23.3 Å². The second kappa shape index (κ2) is 6.89. The highest BCUT2D eigenvalue weighted by molar-refractivity contribution is 5.90. The number of carbonyl (C=O) groups excluding carboxylic acids is 2. The lowest BCUT2D eigenvalue weighted by Gasteiger charge is -2.33. The number of amides is 1. The van der Waals surface area contributed by atoms with Crippen LogP contribution in [0, 0.1) is 6.92 Å². The summed E-state index contributed by atoms with van der Waals surface area (Å²) in [5, 5.41) is 2.74. The van der Waals surface area contributed by atoms with Gasteiger partial charge in [0.25, 0.3) is 0 Å². The number of benzene rings is 1. The molecule has 0 fully saturated rings. The monoisotopic (exact) mass is 321 g/mol. The van der Waals surface area contributed by atoms with Crippen LogP contribution in [-0.2, 0) is 19.9 Å². The maximum Gasteiger partial charge on any atom is 0.412 e. The number of hydrogen-bond donors (Lipinski definition) is 1. The van der Waals surface area contributed by atoms with Gasteiger partial charge in [-0.15, -0.1) is 0 Å². The van der Waals surface area contributed by atoms with E-state index < -0.39 is 11.7 Å². The molecule has 1 aromatic carbocycles. The van der Waals surface area contributed by atoms with Gasteiger partial charge in [0.2, 0.25) is 0 Å². The summed E-state index contributed by atoms with van der Waals surface area (Å²) in [7, 11) is 0. The van der Waals surface area contributed by atoms with Crippen LogP contribution in [0.1, 0.15) is 44.7 Å². The number of fused-ring (bicyclic) bond motifs is 1. The smallest absolute Gasteiger partial charge is 0.412 e. The van der Waals surface area contributed by atoms with E-state index in [4.69, 9.17) is 14.2 Å². The van der Waals surface area contributed by atoms with Crippen LogP contribution in [0.5, 0.6) is 5.75 Å². The van der Waals surface area contributed by atoms with Gasteiger partial charge in [0.15, 0.2) is 0 Å². The number of rotatable bonds is 6. The minimum atomic E-state index is -0.697. The number of ether oxygens (including phenoxy) is 3. The number of esters is 1. The maximum atomic E-state index is 11.6. The summed E-state index contributed by atoms with van der Waals surface area (Å²) in [5.41, 5.74) is 1.92. The molecule has 23 heavy (non-hydrogen) atoms. The molecule has 2 rings (SSSR count). The molecular formula is C17H23NO5. The summed E-state index contributed by atoms with van der Waals surface area (Å²) in [5.74, 6) is 0.474. The zero-order valence-electron chi connectivity index (χ0n) is 14.0. The molecule has 126 valence electrons. The first-order valence-corrected chi connectivity index (χ1v) is 7.71. The van der Waals surface area contributed by atoms with Crippen molar-refractivity contribution in [1.29, 1.82) is 0 Å². The highest BCUT2D eigenvalue weighted by atomic mass is 16.6. The van der Waals surface area contributed by atoms with Crippen LogP contribution in [0.25, 0.3) is 0 Å². The Morgan fingerprint density at radius 2 is 1.96 bits per heavy atom. The molecule has 1 N–H and O–H groups in total. The molecule has 0 saturated heterocycles. The minimum Gasteiger partial charge on any atom is -0.494 e.